The van der Waals surface area contributed by atoms with Gasteiger partial charge in [-0.2, -0.15) is 0 Å². The van der Waals surface area contributed by atoms with Crippen molar-refractivity contribution in [3.8, 4) is 0 Å². The first kappa shape index (κ1) is 15.7. The molecular formula is C18H14FN3O2S. The Morgan fingerprint density at radius 3 is 2.76 bits per heavy atom. The van der Waals surface area contributed by atoms with Gasteiger partial charge in [-0.3, -0.25) is 14.0 Å². The summed E-state index contributed by atoms with van der Waals surface area (Å²) in [7, 11) is 0. The summed E-state index contributed by atoms with van der Waals surface area (Å²) in [6.45, 7) is 0.922. The molecule has 0 atom stereocenters. The smallest absolute Gasteiger partial charge is 0.271 e. The number of aromatic nitrogens is 2. The van der Waals surface area contributed by atoms with Gasteiger partial charge in [-0.05, 0) is 29.7 Å². The van der Waals surface area contributed by atoms with Crippen LogP contribution < -0.4 is 5.56 Å². The van der Waals surface area contributed by atoms with Crippen LogP contribution in [-0.2, 0) is 0 Å². The van der Waals surface area contributed by atoms with Crippen LogP contribution in [-0.4, -0.2) is 33.3 Å². The third-order valence-corrected chi connectivity index (χ3v) is 5.06. The molecule has 0 N–H and O–H groups in total. The van der Waals surface area contributed by atoms with Gasteiger partial charge in [0.1, 0.15) is 11.4 Å². The maximum atomic E-state index is 13.0. The first-order valence-electron chi connectivity index (χ1n) is 7.82. The zero-order chi connectivity index (χ0) is 17.4. The Labute approximate surface area is 146 Å². The maximum Gasteiger partial charge on any atom is 0.271 e. The molecule has 0 spiro atoms. The number of nitrogens with zero attached hydrogens (tertiary/aromatic N) is 3. The summed E-state index contributed by atoms with van der Waals surface area (Å²) in [6, 6.07) is 6.33. The largest absolute Gasteiger partial charge is 0.334 e. The van der Waals surface area contributed by atoms with Gasteiger partial charge < -0.3 is 4.90 Å². The molecule has 7 heteroatoms. The number of hydrogen-bond donors (Lipinski definition) is 0. The predicted octanol–water partition coefficient (Wildman–Crippen LogP) is 2.82. The summed E-state index contributed by atoms with van der Waals surface area (Å²) in [5.74, 6) is -0.582. The van der Waals surface area contributed by atoms with Crippen LogP contribution >= 0.6 is 11.3 Å². The Balaban J connectivity index is 1.57. The average molecular weight is 355 g/mol. The predicted molar refractivity (Wildman–Crippen MR) is 94.2 cm³/mol. The van der Waals surface area contributed by atoms with Crippen LogP contribution in [0.15, 0.2) is 52.9 Å². The Morgan fingerprint density at radius 2 is 2.04 bits per heavy atom. The lowest BCUT2D eigenvalue weighted by Crippen LogP contribution is -2.38. The molecule has 1 amide bonds. The highest BCUT2D eigenvalue weighted by molar-refractivity contribution is 7.15. The van der Waals surface area contributed by atoms with Gasteiger partial charge in [0.25, 0.3) is 11.5 Å². The molecule has 3 heterocycles. The van der Waals surface area contributed by atoms with Crippen LogP contribution in [0.2, 0.25) is 0 Å². The van der Waals surface area contributed by atoms with Crippen molar-refractivity contribution in [1.29, 1.82) is 0 Å². The number of rotatable bonds is 2. The Morgan fingerprint density at radius 1 is 1.24 bits per heavy atom. The van der Waals surface area contributed by atoms with Crippen LogP contribution in [0.4, 0.5) is 4.39 Å². The van der Waals surface area contributed by atoms with Crippen molar-refractivity contribution in [1.82, 2.24) is 14.3 Å². The molecule has 0 bridgehead atoms. The van der Waals surface area contributed by atoms with Gasteiger partial charge in [0.2, 0.25) is 0 Å². The fraction of sp³-hybridized carbons (Fsp3) is 0.167. The van der Waals surface area contributed by atoms with E-state index in [4.69, 9.17) is 0 Å². The van der Waals surface area contributed by atoms with Crippen molar-refractivity contribution >= 4 is 27.8 Å². The van der Waals surface area contributed by atoms with Crippen LogP contribution in [0.25, 0.3) is 10.5 Å². The molecule has 1 aliphatic rings. The third kappa shape index (κ3) is 2.87. The summed E-state index contributed by atoms with van der Waals surface area (Å²) >= 11 is 1.35. The van der Waals surface area contributed by atoms with Crippen LogP contribution in [0.3, 0.4) is 0 Å². The lowest BCUT2D eigenvalue weighted by Gasteiger charge is -2.26. The fourth-order valence-corrected chi connectivity index (χ4v) is 3.60. The van der Waals surface area contributed by atoms with E-state index in [0.29, 0.717) is 24.5 Å². The van der Waals surface area contributed by atoms with Crippen LogP contribution in [0, 0.1) is 5.82 Å². The second kappa shape index (κ2) is 6.25. The lowest BCUT2D eigenvalue weighted by atomic mass is 9.99. The topological polar surface area (TPSA) is 54.7 Å². The SMILES string of the molecule is O=C(c1cnc2sccn2c1=O)N1CC=C(c2ccc(F)cc2)CC1. The number of carbonyl (C=O) groups is 1. The molecule has 0 unspecified atom stereocenters. The molecule has 4 rings (SSSR count). The number of amides is 1. The molecule has 0 saturated carbocycles. The molecule has 126 valence electrons. The highest BCUT2D eigenvalue weighted by Crippen LogP contribution is 2.23. The first-order chi connectivity index (χ1) is 12.1. The molecule has 5 nitrogen and oxygen atoms in total. The second-order valence-electron chi connectivity index (χ2n) is 5.77. The molecule has 0 radical (unpaired) electrons. The van der Waals surface area contributed by atoms with E-state index >= 15 is 0 Å². The molecule has 25 heavy (non-hydrogen) atoms. The number of hydrogen-bond acceptors (Lipinski definition) is 4. The van der Waals surface area contributed by atoms with Gasteiger partial charge in [-0.1, -0.05) is 18.2 Å². The lowest BCUT2D eigenvalue weighted by molar-refractivity contribution is 0.0770. The second-order valence-corrected chi connectivity index (χ2v) is 6.64. The van der Waals surface area contributed by atoms with Crippen molar-refractivity contribution < 1.29 is 9.18 Å². The number of carbonyl (C=O) groups excluding carboxylic acids is 1. The number of benzene rings is 1. The van der Waals surface area contributed by atoms with E-state index in [2.05, 4.69) is 4.98 Å². The van der Waals surface area contributed by atoms with Crippen molar-refractivity contribution in [2.75, 3.05) is 13.1 Å². The van der Waals surface area contributed by atoms with Crippen LogP contribution in [0.5, 0.6) is 0 Å². The minimum absolute atomic E-state index is 0.0783. The van der Waals surface area contributed by atoms with Gasteiger partial charge in [-0.25, -0.2) is 9.37 Å². The highest BCUT2D eigenvalue weighted by atomic mass is 32.1. The molecule has 0 saturated heterocycles. The zero-order valence-electron chi connectivity index (χ0n) is 13.2. The molecule has 2 aromatic heterocycles. The van der Waals surface area contributed by atoms with E-state index in [0.717, 1.165) is 11.1 Å². The Hall–Kier alpha value is -2.80. The van der Waals surface area contributed by atoms with Gasteiger partial charge in [-0.15, -0.1) is 11.3 Å². The zero-order valence-corrected chi connectivity index (χ0v) is 14.0. The standard InChI is InChI=1S/C18H14FN3O2S/c19-14-3-1-12(2-4-14)13-5-7-21(8-6-13)16(23)15-11-20-18-22(17(15)24)9-10-25-18/h1-5,9-11H,6-8H2. The van der Waals surface area contributed by atoms with Crippen molar-refractivity contribution in [3.63, 3.8) is 0 Å². The van der Waals surface area contributed by atoms with Crippen molar-refractivity contribution in [2.24, 2.45) is 0 Å². The molecule has 1 aromatic carbocycles. The van der Waals surface area contributed by atoms with Gasteiger partial charge >= 0.3 is 0 Å². The van der Waals surface area contributed by atoms with Gasteiger partial charge in [0.05, 0.1) is 0 Å². The quantitative estimate of drug-likeness (QED) is 0.710. The van der Waals surface area contributed by atoms with E-state index in [-0.39, 0.29) is 22.8 Å². The van der Waals surface area contributed by atoms with Crippen molar-refractivity contribution in [3.05, 3.63) is 75.4 Å². The first-order valence-corrected chi connectivity index (χ1v) is 8.70. The maximum absolute atomic E-state index is 13.0. The summed E-state index contributed by atoms with van der Waals surface area (Å²) in [4.78, 5) is 31.5. The summed E-state index contributed by atoms with van der Waals surface area (Å²) in [6.07, 6.45) is 5.58. The Bertz CT molecular complexity index is 1040. The van der Waals surface area contributed by atoms with E-state index < -0.39 is 0 Å². The van der Waals surface area contributed by atoms with Gasteiger partial charge in [0, 0.05) is 30.9 Å². The Kier molecular flexibility index (Phi) is 3.93. The third-order valence-electron chi connectivity index (χ3n) is 4.28. The molecule has 3 aromatic rings. The number of halogens is 1. The fourth-order valence-electron chi connectivity index (χ4n) is 2.92. The summed E-state index contributed by atoms with van der Waals surface area (Å²) < 4.78 is 14.4. The van der Waals surface area contributed by atoms with E-state index in [1.54, 1.807) is 28.6 Å². The van der Waals surface area contributed by atoms with Crippen molar-refractivity contribution in [2.45, 2.75) is 6.42 Å². The minimum Gasteiger partial charge on any atom is -0.334 e. The van der Waals surface area contributed by atoms with E-state index in [9.17, 15) is 14.0 Å². The summed E-state index contributed by atoms with van der Waals surface area (Å²) in [5, 5.41) is 1.76. The van der Waals surface area contributed by atoms with Crippen LogP contribution in [0.1, 0.15) is 22.3 Å². The molecule has 0 aliphatic carbocycles. The molecular weight excluding hydrogens is 341 g/mol. The van der Waals surface area contributed by atoms with E-state index in [1.165, 1.54) is 34.1 Å². The molecule has 0 fully saturated rings. The van der Waals surface area contributed by atoms with Gasteiger partial charge in [0.15, 0.2) is 4.96 Å². The highest BCUT2D eigenvalue weighted by Gasteiger charge is 2.22. The minimum atomic E-state index is -0.343. The number of fused-ring (bicyclic) bond motifs is 1. The average Bonchev–Trinajstić information content (AvgIpc) is 3.12. The summed E-state index contributed by atoms with van der Waals surface area (Å²) in [5.41, 5.74) is 1.77. The van der Waals surface area contributed by atoms with E-state index in [1.807, 2.05) is 6.08 Å². The number of thiazole rings is 1. The molecule has 1 aliphatic heterocycles. The normalized spacial score (nSPS) is 14.6. The monoisotopic (exact) mass is 355 g/mol.